The van der Waals surface area contributed by atoms with Crippen LogP contribution in [-0.4, -0.2) is 50.1 Å². The minimum atomic E-state index is 0.168. The van der Waals surface area contributed by atoms with Crippen molar-refractivity contribution in [3.8, 4) is 0 Å². The van der Waals surface area contributed by atoms with E-state index in [-0.39, 0.29) is 11.8 Å². The minimum absolute atomic E-state index is 0.168. The van der Waals surface area contributed by atoms with Gasteiger partial charge in [0.15, 0.2) is 0 Å². The van der Waals surface area contributed by atoms with Crippen molar-refractivity contribution in [2.24, 2.45) is 11.8 Å². The molecule has 0 saturated carbocycles. The van der Waals surface area contributed by atoms with Gasteiger partial charge in [0.2, 0.25) is 5.91 Å². The molecule has 0 aromatic carbocycles. The number of carbonyl (C=O) groups excluding carboxylic acids is 1. The highest BCUT2D eigenvalue weighted by Gasteiger charge is 2.28. The predicted molar refractivity (Wildman–Crippen MR) is 73.4 cm³/mol. The number of rotatable bonds is 6. The summed E-state index contributed by atoms with van der Waals surface area (Å²) in [6, 6.07) is 0. The SMILES string of the molecule is CC(C(=O)NCCCN1CCCCC1)C1CNC1. The quantitative estimate of drug-likeness (QED) is 0.689. The summed E-state index contributed by atoms with van der Waals surface area (Å²) in [5.74, 6) is 0.952. The number of hydrogen-bond donors (Lipinski definition) is 2. The van der Waals surface area contributed by atoms with Crippen LogP contribution >= 0.6 is 0 Å². The number of likely N-dealkylation sites (tertiary alicyclic amines) is 1. The molecule has 4 nitrogen and oxygen atoms in total. The normalized spacial score (nSPS) is 23.4. The third-order valence-corrected chi connectivity index (χ3v) is 4.33. The van der Waals surface area contributed by atoms with Gasteiger partial charge in [0, 0.05) is 12.5 Å². The van der Waals surface area contributed by atoms with Gasteiger partial charge in [0.1, 0.15) is 0 Å². The second kappa shape index (κ2) is 7.10. The largest absolute Gasteiger partial charge is 0.356 e. The molecule has 2 heterocycles. The van der Waals surface area contributed by atoms with Gasteiger partial charge >= 0.3 is 0 Å². The van der Waals surface area contributed by atoms with E-state index in [1.807, 2.05) is 6.92 Å². The maximum atomic E-state index is 11.9. The average molecular weight is 253 g/mol. The van der Waals surface area contributed by atoms with Gasteiger partial charge in [-0.25, -0.2) is 0 Å². The van der Waals surface area contributed by atoms with Crippen molar-refractivity contribution in [1.29, 1.82) is 0 Å². The number of carbonyl (C=O) groups is 1. The van der Waals surface area contributed by atoms with E-state index >= 15 is 0 Å². The average Bonchev–Trinajstić information content (AvgIpc) is 2.33. The van der Waals surface area contributed by atoms with Gasteiger partial charge in [0.25, 0.3) is 0 Å². The third-order valence-electron chi connectivity index (χ3n) is 4.33. The summed E-state index contributed by atoms with van der Waals surface area (Å²) in [6.07, 6.45) is 5.16. The maximum absolute atomic E-state index is 11.9. The number of amides is 1. The molecule has 0 aliphatic carbocycles. The van der Waals surface area contributed by atoms with E-state index in [0.717, 1.165) is 32.6 Å². The summed E-state index contributed by atoms with van der Waals surface area (Å²) < 4.78 is 0. The van der Waals surface area contributed by atoms with Gasteiger partial charge in [-0.2, -0.15) is 0 Å². The molecular formula is C14H27N3O. The van der Waals surface area contributed by atoms with Gasteiger partial charge in [0.05, 0.1) is 0 Å². The summed E-state index contributed by atoms with van der Waals surface area (Å²) in [6.45, 7) is 8.52. The van der Waals surface area contributed by atoms with Gasteiger partial charge in [-0.05, 0) is 57.9 Å². The Balaban J connectivity index is 1.52. The summed E-state index contributed by atoms with van der Waals surface area (Å²) >= 11 is 0. The van der Waals surface area contributed by atoms with Crippen LogP contribution in [0, 0.1) is 11.8 Å². The van der Waals surface area contributed by atoms with Crippen molar-refractivity contribution >= 4 is 5.91 Å². The Bertz CT molecular complexity index is 260. The van der Waals surface area contributed by atoms with Crippen LogP contribution < -0.4 is 10.6 Å². The van der Waals surface area contributed by atoms with Crippen LogP contribution in [0.1, 0.15) is 32.6 Å². The number of piperidine rings is 1. The molecule has 1 unspecified atom stereocenters. The zero-order valence-electron chi connectivity index (χ0n) is 11.6. The molecule has 2 aliphatic heterocycles. The van der Waals surface area contributed by atoms with Crippen LogP contribution in [0.25, 0.3) is 0 Å². The first kappa shape index (κ1) is 13.8. The van der Waals surface area contributed by atoms with Crippen LogP contribution in [0.4, 0.5) is 0 Å². The third kappa shape index (κ3) is 3.95. The van der Waals surface area contributed by atoms with E-state index in [1.165, 1.54) is 32.4 Å². The lowest BCUT2D eigenvalue weighted by atomic mass is 9.88. The molecule has 2 N–H and O–H groups in total. The van der Waals surface area contributed by atoms with E-state index < -0.39 is 0 Å². The van der Waals surface area contributed by atoms with Crippen molar-refractivity contribution in [2.45, 2.75) is 32.6 Å². The first-order valence-corrected chi connectivity index (χ1v) is 7.48. The first-order valence-electron chi connectivity index (χ1n) is 7.48. The Morgan fingerprint density at radius 2 is 2.06 bits per heavy atom. The highest BCUT2D eigenvalue weighted by Crippen LogP contribution is 2.15. The fraction of sp³-hybridized carbons (Fsp3) is 0.929. The van der Waals surface area contributed by atoms with E-state index in [9.17, 15) is 4.79 Å². The van der Waals surface area contributed by atoms with Crippen LogP contribution in [0.5, 0.6) is 0 Å². The molecule has 2 rings (SSSR count). The molecule has 104 valence electrons. The highest BCUT2D eigenvalue weighted by molar-refractivity contribution is 5.78. The molecule has 0 aromatic heterocycles. The van der Waals surface area contributed by atoms with Crippen LogP contribution in [0.15, 0.2) is 0 Å². The highest BCUT2D eigenvalue weighted by atomic mass is 16.1. The second-order valence-electron chi connectivity index (χ2n) is 5.75. The summed E-state index contributed by atoms with van der Waals surface area (Å²) in [5.41, 5.74) is 0. The number of hydrogen-bond acceptors (Lipinski definition) is 3. The molecule has 0 spiro atoms. The molecule has 2 fully saturated rings. The molecule has 2 aliphatic rings. The predicted octanol–water partition coefficient (Wildman–Crippen LogP) is 0.834. The molecule has 18 heavy (non-hydrogen) atoms. The van der Waals surface area contributed by atoms with Crippen LogP contribution in [0.3, 0.4) is 0 Å². The van der Waals surface area contributed by atoms with Gasteiger partial charge in [-0.1, -0.05) is 13.3 Å². The smallest absolute Gasteiger partial charge is 0.223 e. The van der Waals surface area contributed by atoms with Crippen LogP contribution in [0.2, 0.25) is 0 Å². The van der Waals surface area contributed by atoms with Crippen molar-refractivity contribution in [1.82, 2.24) is 15.5 Å². The zero-order chi connectivity index (χ0) is 12.8. The fourth-order valence-corrected chi connectivity index (χ4v) is 2.74. The fourth-order valence-electron chi connectivity index (χ4n) is 2.74. The maximum Gasteiger partial charge on any atom is 0.223 e. The second-order valence-corrected chi connectivity index (χ2v) is 5.75. The molecule has 1 amide bonds. The van der Waals surface area contributed by atoms with Gasteiger partial charge in [-0.3, -0.25) is 4.79 Å². The van der Waals surface area contributed by atoms with Crippen LogP contribution in [-0.2, 0) is 4.79 Å². The monoisotopic (exact) mass is 253 g/mol. The molecule has 0 aromatic rings. The topological polar surface area (TPSA) is 44.4 Å². The Kier molecular flexibility index (Phi) is 5.45. The number of nitrogens with zero attached hydrogens (tertiary/aromatic N) is 1. The lowest BCUT2D eigenvalue weighted by Gasteiger charge is -2.31. The lowest BCUT2D eigenvalue weighted by Crippen LogP contribution is -2.49. The standard InChI is InChI=1S/C14H27N3O/c1-12(13-10-15-11-13)14(18)16-6-5-9-17-7-3-2-4-8-17/h12-13,15H,2-11H2,1H3,(H,16,18). The Morgan fingerprint density at radius 3 is 2.67 bits per heavy atom. The van der Waals surface area contributed by atoms with E-state index in [1.54, 1.807) is 0 Å². The summed E-state index contributed by atoms with van der Waals surface area (Å²) in [4.78, 5) is 14.4. The molecule has 1 atom stereocenters. The zero-order valence-corrected chi connectivity index (χ0v) is 11.6. The molecule has 0 bridgehead atoms. The molecule has 4 heteroatoms. The molecule has 0 radical (unpaired) electrons. The molecule has 2 saturated heterocycles. The van der Waals surface area contributed by atoms with Crippen molar-refractivity contribution < 1.29 is 4.79 Å². The summed E-state index contributed by atoms with van der Waals surface area (Å²) in [5, 5.41) is 6.30. The van der Waals surface area contributed by atoms with Crippen molar-refractivity contribution in [2.75, 3.05) is 39.3 Å². The van der Waals surface area contributed by atoms with E-state index in [0.29, 0.717) is 5.92 Å². The lowest BCUT2D eigenvalue weighted by molar-refractivity contribution is -0.126. The van der Waals surface area contributed by atoms with Crippen molar-refractivity contribution in [3.05, 3.63) is 0 Å². The molecular weight excluding hydrogens is 226 g/mol. The van der Waals surface area contributed by atoms with E-state index in [4.69, 9.17) is 0 Å². The summed E-state index contributed by atoms with van der Waals surface area (Å²) in [7, 11) is 0. The Labute approximate surface area is 110 Å². The van der Waals surface area contributed by atoms with Gasteiger partial charge in [-0.15, -0.1) is 0 Å². The van der Waals surface area contributed by atoms with E-state index in [2.05, 4.69) is 15.5 Å². The minimum Gasteiger partial charge on any atom is -0.356 e. The Morgan fingerprint density at radius 1 is 1.33 bits per heavy atom. The number of nitrogens with one attached hydrogen (secondary N) is 2. The first-order chi connectivity index (χ1) is 8.77. The van der Waals surface area contributed by atoms with Crippen molar-refractivity contribution in [3.63, 3.8) is 0 Å². The van der Waals surface area contributed by atoms with Gasteiger partial charge < -0.3 is 15.5 Å². The Hall–Kier alpha value is -0.610.